The number of aliphatic hydroxyl groups excluding tert-OH is 1. The molecule has 18 heavy (non-hydrogen) atoms. The number of carbonyl (C=O) groups is 1. The number of aliphatic hydroxyl groups is 1. The van der Waals surface area contributed by atoms with Crippen LogP contribution in [0.3, 0.4) is 0 Å². The van der Waals surface area contributed by atoms with Gasteiger partial charge in [0.1, 0.15) is 6.10 Å². The van der Waals surface area contributed by atoms with E-state index in [4.69, 9.17) is 0 Å². The van der Waals surface area contributed by atoms with Crippen molar-refractivity contribution >= 4 is 33.7 Å². The summed E-state index contributed by atoms with van der Waals surface area (Å²) in [5.74, 6) is 0. The van der Waals surface area contributed by atoms with E-state index < -0.39 is 6.10 Å². The zero-order valence-electron chi connectivity index (χ0n) is 9.84. The summed E-state index contributed by atoms with van der Waals surface area (Å²) in [6.45, 7) is 2.15. The van der Waals surface area contributed by atoms with Crippen LogP contribution >= 0.6 is 22.7 Å². The Balaban J connectivity index is 1.81. The molecule has 2 heterocycles. The molecule has 0 aliphatic heterocycles. The topological polar surface area (TPSA) is 61.4 Å². The molecule has 0 unspecified atom stereocenters. The summed E-state index contributed by atoms with van der Waals surface area (Å²) in [7, 11) is 0. The van der Waals surface area contributed by atoms with Crippen LogP contribution in [-0.2, 0) is 0 Å². The molecule has 2 amide bonds. The molecule has 0 bridgehead atoms. The molecule has 0 aromatic carbocycles. The number of hydrogen-bond donors (Lipinski definition) is 3. The van der Waals surface area contributed by atoms with Crippen LogP contribution in [0.1, 0.15) is 16.5 Å². The number of aryl methyl sites for hydroxylation is 1. The van der Waals surface area contributed by atoms with Gasteiger partial charge in [0.15, 0.2) is 0 Å². The molecule has 0 saturated heterocycles. The maximum Gasteiger partial charge on any atom is 0.319 e. The Morgan fingerprint density at radius 1 is 1.39 bits per heavy atom. The molecule has 2 aromatic heterocycles. The van der Waals surface area contributed by atoms with Gasteiger partial charge in [0.2, 0.25) is 0 Å². The number of carbonyl (C=O) groups excluding carboxylic acids is 1. The summed E-state index contributed by atoms with van der Waals surface area (Å²) in [5, 5.41) is 19.9. The van der Waals surface area contributed by atoms with Gasteiger partial charge in [-0.1, -0.05) is 0 Å². The fraction of sp³-hybridized carbons (Fsp3) is 0.250. The summed E-state index contributed by atoms with van der Waals surface area (Å²) in [6, 6.07) is 5.34. The van der Waals surface area contributed by atoms with E-state index in [0.717, 1.165) is 15.4 Å². The molecule has 0 aliphatic rings. The second-order valence-electron chi connectivity index (χ2n) is 3.80. The van der Waals surface area contributed by atoms with Crippen LogP contribution in [0.25, 0.3) is 0 Å². The van der Waals surface area contributed by atoms with Gasteiger partial charge in [-0.15, -0.1) is 22.7 Å². The molecular formula is C12H14N2O2S2. The highest BCUT2D eigenvalue weighted by atomic mass is 32.1. The first-order valence-electron chi connectivity index (χ1n) is 5.47. The lowest BCUT2D eigenvalue weighted by Crippen LogP contribution is -2.32. The van der Waals surface area contributed by atoms with Crippen LogP contribution in [0.15, 0.2) is 29.0 Å². The zero-order valence-corrected chi connectivity index (χ0v) is 11.5. The molecule has 0 radical (unpaired) electrons. The Hall–Kier alpha value is -1.37. The standard InChI is InChI=1S/C12H14N2O2S2/c1-8-4-6-18-11(8)9(15)7-13-12(16)14-10-3-2-5-17-10/h2-6,9,15H,7H2,1H3,(H2,13,14,16)/t9-/m0/s1. The number of nitrogens with one attached hydrogen (secondary N) is 2. The molecule has 0 aliphatic carbocycles. The van der Waals surface area contributed by atoms with Crippen molar-refractivity contribution in [1.82, 2.24) is 5.32 Å². The Kier molecular flexibility index (Phi) is 4.35. The van der Waals surface area contributed by atoms with Gasteiger partial charge in [0.05, 0.1) is 11.5 Å². The molecule has 3 N–H and O–H groups in total. The normalized spacial score (nSPS) is 12.1. The number of urea groups is 1. The van der Waals surface area contributed by atoms with Crippen LogP contribution in [0.2, 0.25) is 0 Å². The second-order valence-corrected chi connectivity index (χ2v) is 5.69. The van der Waals surface area contributed by atoms with E-state index in [1.54, 1.807) is 0 Å². The molecular weight excluding hydrogens is 268 g/mol. The third-order valence-corrected chi connectivity index (χ3v) is 4.32. The minimum Gasteiger partial charge on any atom is -0.386 e. The van der Waals surface area contributed by atoms with E-state index in [1.807, 2.05) is 35.9 Å². The SMILES string of the molecule is Cc1ccsc1[C@@H](O)CNC(=O)Nc1cccs1. The van der Waals surface area contributed by atoms with Gasteiger partial charge in [-0.3, -0.25) is 5.32 Å². The van der Waals surface area contributed by atoms with E-state index in [9.17, 15) is 9.90 Å². The molecule has 0 fully saturated rings. The van der Waals surface area contributed by atoms with Crippen molar-refractivity contribution in [2.75, 3.05) is 11.9 Å². The Morgan fingerprint density at radius 3 is 2.83 bits per heavy atom. The lowest BCUT2D eigenvalue weighted by Gasteiger charge is -2.11. The Bertz CT molecular complexity index is 508. The molecule has 6 heteroatoms. The lowest BCUT2D eigenvalue weighted by molar-refractivity contribution is 0.178. The quantitative estimate of drug-likeness (QED) is 0.807. The smallest absolute Gasteiger partial charge is 0.319 e. The molecule has 4 nitrogen and oxygen atoms in total. The maximum atomic E-state index is 11.5. The molecule has 96 valence electrons. The number of thiophene rings is 2. The fourth-order valence-electron chi connectivity index (χ4n) is 1.51. The minimum atomic E-state index is -0.654. The van der Waals surface area contributed by atoms with Gasteiger partial charge >= 0.3 is 6.03 Å². The van der Waals surface area contributed by atoms with Crippen molar-refractivity contribution in [3.05, 3.63) is 39.4 Å². The monoisotopic (exact) mass is 282 g/mol. The van der Waals surface area contributed by atoms with Crippen LogP contribution in [0.5, 0.6) is 0 Å². The van der Waals surface area contributed by atoms with Crippen LogP contribution < -0.4 is 10.6 Å². The third kappa shape index (κ3) is 3.32. The predicted octanol–water partition coefficient (Wildman–Crippen LogP) is 2.97. The molecule has 0 saturated carbocycles. The van der Waals surface area contributed by atoms with E-state index in [2.05, 4.69) is 10.6 Å². The summed E-state index contributed by atoms with van der Waals surface area (Å²) in [6.07, 6.45) is -0.654. The Labute approximate surface area is 113 Å². The number of amides is 2. The van der Waals surface area contributed by atoms with Crippen LogP contribution in [-0.4, -0.2) is 17.7 Å². The van der Waals surface area contributed by atoms with Crippen molar-refractivity contribution in [3.8, 4) is 0 Å². The summed E-state index contributed by atoms with van der Waals surface area (Å²) >= 11 is 2.95. The first-order chi connectivity index (χ1) is 8.66. The summed E-state index contributed by atoms with van der Waals surface area (Å²) in [5.41, 5.74) is 1.05. The average molecular weight is 282 g/mol. The summed E-state index contributed by atoms with van der Waals surface area (Å²) < 4.78 is 0. The first-order valence-corrected chi connectivity index (χ1v) is 7.23. The first kappa shape index (κ1) is 13.1. The fourth-order valence-corrected chi connectivity index (χ4v) is 3.04. The van der Waals surface area contributed by atoms with E-state index in [-0.39, 0.29) is 12.6 Å². The average Bonchev–Trinajstić information content (AvgIpc) is 2.97. The highest BCUT2D eigenvalue weighted by Crippen LogP contribution is 2.23. The van der Waals surface area contributed by atoms with Crippen LogP contribution in [0, 0.1) is 6.92 Å². The number of hydrogen-bond acceptors (Lipinski definition) is 4. The van der Waals surface area contributed by atoms with E-state index in [0.29, 0.717) is 0 Å². The maximum absolute atomic E-state index is 11.5. The molecule has 2 rings (SSSR count). The van der Waals surface area contributed by atoms with Crippen molar-refractivity contribution < 1.29 is 9.90 Å². The number of rotatable bonds is 4. The highest BCUT2D eigenvalue weighted by molar-refractivity contribution is 7.14. The van der Waals surface area contributed by atoms with Gasteiger partial charge in [-0.25, -0.2) is 4.79 Å². The van der Waals surface area contributed by atoms with Crippen molar-refractivity contribution in [1.29, 1.82) is 0 Å². The van der Waals surface area contributed by atoms with Gasteiger partial charge in [0, 0.05) is 4.88 Å². The van der Waals surface area contributed by atoms with Gasteiger partial charge in [0.25, 0.3) is 0 Å². The van der Waals surface area contributed by atoms with E-state index >= 15 is 0 Å². The minimum absolute atomic E-state index is 0.207. The van der Waals surface area contributed by atoms with Crippen LogP contribution in [0.4, 0.5) is 9.80 Å². The van der Waals surface area contributed by atoms with Gasteiger partial charge in [-0.2, -0.15) is 0 Å². The van der Waals surface area contributed by atoms with Crippen molar-refractivity contribution in [3.63, 3.8) is 0 Å². The van der Waals surface area contributed by atoms with Gasteiger partial charge in [-0.05, 0) is 41.4 Å². The Morgan fingerprint density at radius 2 is 2.22 bits per heavy atom. The third-order valence-electron chi connectivity index (χ3n) is 2.42. The predicted molar refractivity (Wildman–Crippen MR) is 75.4 cm³/mol. The molecule has 2 aromatic rings. The molecule has 0 spiro atoms. The van der Waals surface area contributed by atoms with E-state index in [1.165, 1.54) is 22.7 Å². The second kappa shape index (κ2) is 5.99. The van der Waals surface area contributed by atoms with Crippen molar-refractivity contribution in [2.45, 2.75) is 13.0 Å². The molecule has 1 atom stereocenters. The zero-order chi connectivity index (χ0) is 13.0. The largest absolute Gasteiger partial charge is 0.386 e. The summed E-state index contributed by atoms with van der Waals surface area (Å²) in [4.78, 5) is 12.4. The van der Waals surface area contributed by atoms with Gasteiger partial charge < -0.3 is 10.4 Å². The lowest BCUT2D eigenvalue weighted by atomic mass is 10.2. The number of anilines is 1. The van der Waals surface area contributed by atoms with Crippen molar-refractivity contribution in [2.24, 2.45) is 0 Å². The highest BCUT2D eigenvalue weighted by Gasteiger charge is 2.13.